The second kappa shape index (κ2) is 9.30. The maximum atomic E-state index is 12.3. The minimum Gasteiger partial charge on any atom is -0.496 e. The summed E-state index contributed by atoms with van der Waals surface area (Å²) in [6.45, 7) is 2.61. The molecule has 2 aromatic carbocycles. The normalized spacial score (nSPS) is 11.7. The first-order valence-electron chi connectivity index (χ1n) is 7.88. The lowest BCUT2D eigenvalue weighted by Crippen LogP contribution is -2.35. The first-order valence-corrected chi connectivity index (χ1v) is 8.26. The minimum atomic E-state index is -0.167. The number of benzene rings is 2. The van der Waals surface area contributed by atoms with E-state index in [0.29, 0.717) is 28.7 Å². The fourth-order valence-electron chi connectivity index (χ4n) is 2.32. The third kappa shape index (κ3) is 5.66. The highest BCUT2D eigenvalue weighted by Crippen LogP contribution is 2.23. The molecule has 0 aromatic heterocycles. The van der Waals surface area contributed by atoms with Crippen molar-refractivity contribution in [2.75, 3.05) is 20.8 Å². The molecule has 0 unspecified atom stereocenters. The molecule has 1 atom stereocenters. The summed E-state index contributed by atoms with van der Waals surface area (Å²) < 4.78 is 16.1. The van der Waals surface area contributed by atoms with Crippen LogP contribution in [0.15, 0.2) is 42.5 Å². The summed E-state index contributed by atoms with van der Waals surface area (Å²) in [7, 11) is 3.18. The molecule has 5 nitrogen and oxygen atoms in total. The number of rotatable bonds is 8. The van der Waals surface area contributed by atoms with Crippen LogP contribution in [0.2, 0.25) is 5.02 Å². The predicted molar refractivity (Wildman–Crippen MR) is 97.6 cm³/mol. The zero-order valence-electron chi connectivity index (χ0n) is 14.5. The Morgan fingerprint density at radius 1 is 1.16 bits per heavy atom. The van der Waals surface area contributed by atoms with Gasteiger partial charge in [-0.3, -0.25) is 4.79 Å². The monoisotopic (exact) mass is 363 g/mol. The van der Waals surface area contributed by atoms with Gasteiger partial charge >= 0.3 is 0 Å². The van der Waals surface area contributed by atoms with Crippen LogP contribution in [0.1, 0.15) is 22.8 Å². The van der Waals surface area contributed by atoms with Crippen molar-refractivity contribution < 1.29 is 19.0 Å². The molecular formula is C19H22ClNO4. The Hall–Kier alpha value is -2.24. The molecule has 6 heteroatoms. The minimum absolute atomic E-state index is 0.0756. The highest BCUT2D eigenvalue weighted by molar-refractivity contribution is 6.30. The number of nitrogens with one attached hydrogen (secondary N) is 1. The predicted octanol–water partition coefficient (Wildman–Crippen LogP) is 3.69. The third-order valence-corrected chi connectivity index (χ3v) is 3.80. The average Bonchev–Trinajstić information content (AvgIpc) is 2.61. The fraction of sp³-hybridized carbons (Fsp3) is 0.316. The maximum absolute atomic E-state index is 12.3. The topological polar surface area (TPSA) is 56.8 Å². The van der Waals surface area contributed by atoms with Crippen molar-refractivity contribution in [1.29, 1.82) is 0 Å². The van der Waals surface area contributed by atoms with Gasteiger partial charge in [0.2, 0.25) is 0 Å². The van der Waals surface area contributed by atoms with Crippen molar-refractivity contribution in [3.8, 4) is 11.5 Å². The summed E-state index contributed by atoms with van der Waals surface area (Å²) in [4.78, 5) is 12.3. The number of carbonyl (C=O) groups is 1. The van der Waals surface area contributed by atoms with E-state index in [9.17, 15) is 4.79 Å². The third-order valence-electron chi connectivity index (χ3n) is 3.54. The molecular weight excluding hydrogens is 342 g/mol. The number of carbonyl (C=O) groups excluding carboxylic acids is 1. The van der Waals surface area contributed by atoms with Gasteiger partial charge in [-0.05, 0) is 49.4 Å². The summed E-state index contributed by atoms with van der Waals surface area (Å²) >= 11 is 5.87. The van der Waals surface area contributed by atoms with Gasteiger partial charge in [0, 0.05) is 29.3 Å². The van der Waals surface area contributed by atoms with Crippen molar-refractivity contribution in [2.24, 2.45) is 0 Å². The number of amides is 1. The number of halogens is 1. The van der Waals surface area contributed by atoms with E-state index >= 15 is 0 Å². The Balaban J connectivity index is 2.10. The van der Waals surface area contributed by atoms with Crippen LogP contribution in [-0.2, 0) is 11.3 Å². The van der Waals surface area contributed by atoms with Crippen molar-refractivity contribution in [3.63, 3.8) is 0 Å². The van der Waals surface area contributed by atoms with Crippen molar-refractivity contribution >= 4 is 17.5 Å². The van der Waals surface area contributed by atoms with Gasteiger partial charge in [0.05, 0.1) is 13.7 Å². The summed E-state index contributed by atoms with van der Waals surface area (Å²) in [6, 6.07) is 12.3. The van der Waals surface area contributed by atoms with Gasteiger partial charge in [-0.2, -0.15) is 0 Å². The highest BCUT2D eigenvalue weighted by Gasteiger charge is 2.13. The molecule has 2 rings (SSSR count). The van der Waals surface area contributed by atoms with Crippen LogP contribution in [0.3, 0.4) is 0 Å². The molecule has 0 saturated carbocycles. The van der Waals surface area contributed by atoms with E-state index in [1.165, 1.54) is 0 Å². The van der Waals surface area contributed by atoms with E-state index in [1.54, 1.807) is 56.7 Å². The van der Waals surface area contributed by atoms with Crippen LogP contribution >= 0.6 is 11.6 Å². The lowest BCUT2D eigenvalue weighted by Gasteiger charge is -2.15. The Bertz CT molecular complexity index is 703. The molecule has 134 valence electrons. The first-order chi connectivity index (χ1) is 12.0. The second-order valence-electron chi connectivity index (χ2n) is 5.60. The largest absolute Gasteiger partial charge is 0.496 e. The van der Waals surface area contributed by atoms with Crippen LogP contribution in [0.4, 0.5) is 0 Å². The summed E-state index contributed by atoms with van der Waals surface area (Å²) in [5.41, 5.74) is 1.32. The van der Waals surface area contributed by atoms with Crippen LogP contribution in [-0.4, -0.2) is 32.8 Å². The SMILES string of the molecule is COC[C@@H](C)NC(=O)c1ccc(OC)c(COc2ccc(Cl)cc2)c1. The summed E-state index contributed by atoms with van der Waals surface area (Å²) in [6.07, 6.45) is 0. The molecule has 25 heavy (non-hydrogen) atoms. The Morgan fingerprint density at radius 2 is 1.88 bits per heavy atom. The van der Waals surface area contributed by atoms with Crippen molar-refractivity contribution in [1.82, 2.24) is 5.32 Å². The zero-order valence-corrected chi connectivity index (χ0v) is 15.3. The van der Waals surface area contributed by atoms with Gasteiger partial charge in [0.15, 0.2) is 0 Å². The molecule has 0 fully saturated rings. The van der Waals surface area contributed by atoms with Crippen LogP contribution in [0.25, 0.3) is 0 Å². The van der Waals surface area contributed by atoms with E-state index in [0.717, 1.165) is 5.56 Å². The Morgan fingerprint density at radius 3 is 2.52 bits per heavy atom. The number of hydrogen-bond acceptors (Lipinski definition) is 4. The van der Waals surface area contributed by atoms with Gasteiger partial charge in [0.25, 0.3) is 5.91 Å². The lowest BCUT2D eigenvalue weighted by atomic mass is 10.1. The van der Waals surface area contributed by atoms with E-state index in [2.05, 4.69) is 5.32 Å². The number of methoxy groups -OCH3 is 2. The molecule has 2 aromatic rings. The molecule has 0 bridgehead atoms. The standard InChI is InChI=1S/C19H22ClNO4/c1-13(11-23-2)21-19(22)14-4-9-18(24-3)15(10-14)12-25-17-7-5-16(20)6-8-17/h4-10,13H,11-12H2,1-3H3,(H,21,22)/t13-/m1/s1. The lowest BCUT2D eigenvalue weighted by molar-refractivity contribution is 0.0905. The molecule has 0 heterocycles. The van der Waals surface area contributed by atoms with Crippen LogP contribution in [0.5, 0.6) is 11.5 Å². The number of ether oxygens (including phenoxy) is 3. The molecule has 0 aliphatic heterocycles. The maximum Gasteiger partial charge on any atom is 0.251 e. The molecule has 0 radical (unpaired) electrons. The van der Waals surface area contributed by atoms with Crippen molar-refractivity contribution in [3.05, 3.63) is 58.6 Å². The van der Waals surface area contributed by atoms with E-state index in [-0.39, 0.29) is 18.6 Å². The molecule has 0 saturated heterocycles. The number of hydrogen-bond donors (Lipinski definition) is 1. The molecule has 1 amide bonds. The van der Waals surface area contributed by atoms with E-state index in [4.69, 9.17) is 25.8 Å². The molecule has 0 spiro atoms. The highest BCUT2D eigenvalue weighted by atomic mass is 35.5. The smallest absolute Gasteiger partial charge is 0.251 e. The van der Waals surface area contributed by atoms with Gasteiger partial charge in [-0.15, -0.1) is 0 Å². The summed E-state index contributed by atoms with van der Waals surface area (Å²) in [5, 5.41) is 3.53. The van der Waals surface area contributed by atoms with E-state index in [1.807, 2.05) is 6.92 Å². The fourth-order valence-corrected chi connectivity index (χ4v) is 2.45. The quantitative estimate of drug-likeness (QED) is 0.777. The molecule has 0 aliphatic carbocycles. The van der Waals surface area contributed by atoms with Gasteiger partial charge in [-0.1, -0.05) is 11.6 Å². The van der Waals surface area contributed by atoms with Crippen LogP contribution < -0.4 is 14.8 Å². The van der Waals surface area contributed by atoms with E-state index < -0.39 is 0 Å². The summed E-state index contributed by atoms with van der Waals surface area (Å²) in [5.74, 6) is 1.19. The molecule has 1 N–H and O–H groups in total. The Kier molecular flexibility index (Phi) is 7.10. The molecule has 0 aliphatic rings. The van der Waals surface area contributed by atoms with Crippen LogP contribution in [0, 0.1) is 0 Å². The zero-order chi connectivity index (χ0) is 18.2. The average molecular weight is 364 g/mol. The van der Waals surface area contributed by atoms with Gasteiger partial charge in [-0.25, -0.2) is 0 Å². The van der Waals surface area contributed by atoms with Gasteiger partial charge < -0.3 is 19.5 Å². The Labute approximate surface area is 152 Å². The second-order valence-corrected chi connectivity index (χ2v) is 6.04. The van der Waals surface area contributed by atoms with Crippen molar-refractivity contribution in [2.45, 2.75) is 19.6 Å². The first kappa shape index (κ1) is 19.1. The van der Waals surface area contributed by atoms with Gasteiger partial charge in [0.1, 0.15) is 18.1 Å².